The highest BCUT2D eigenvalue weighted by molar-refractivity contribution is 5.86. The Morgan fingerprint density at radius 3 is 2.50 bits per heavy atom. The van der Waals surface area contributed by atoms with Crippen molar-refractivity contribution >= 4 is 12.0 Å². The first-order valence-electron chi connectivity index (χ1n) is 8.24. The van der Waals surface area contributed by atoms with E-state index in [0.717, 1.165) is 24.1 Å². The van der Waals surface area contributed by atoms with Crippen LogP contribution in [0.1, 0.15) is 25.0 Å². The quantitative estimate of drug-likeness (QED) is 0.451. The van der Waals surface area contributed by atoms with Gasteiger partial charge in [-0.1, -0.05) is 50.4 Å². The lowest BCUT2D eigenvalue weighted by Gasteiger charge is -2.23. The Morgan fingerprint density at radius 2 is 2.00 bits per heavy atom. The molecule has 0 aliphatic heterocycles. The van der Waals surface area contributed by atoms with Gasteiger partial charge < -0.3 is 14.5 Å². The van der Waals surface area contributed by atoms with Crippen LogP contribution >= 0.6 is 0 Å². The van der Waals surface area contributed by atoms with Gasteiger partial charge in [0.15, 0.2) is 0 Å². The number of rotatable bonds is 8. The van der Waals surface area contributed by atoms with Gasteiger partial charge >= 0.3 is 5.97 Å². The summed E-state index contributed by atoms with van der Waals surface area (Å²) in [5, 5.41) is 3.28. The van der Waals surface area contributed by atoms with E-state index >= 15 is 0 Å². The molecule has 0 amide bonds. The zero-order valence-corrected chi connectivity index (χ0v) is 15.9. The van der Waals surface area contributed by atoms with Gasteiger partial charge in [0.05, 0.1) is 21.1 Å². The minimum atomic E-state index is -0.302. The Balaban J connectivity index is 0.000000441. The maximum Gasteiger partial charge on any atom is 0.333 e. The van der Waals surface area contributed by atoms with Crippen LogP contribution in [0, 0.1) is 0 Å². The van der Waals surface area contributed by atoms with Crippen LogP contribution in [0.25, 0.3) is 6.08 Å². The molecule has 0 unspecified atom stereocenters. The standard InChI is InChI=1S/C11H15N.C9H18NO2/c1-3-10-6-5-7-11(8-10)9-12-4-2;1-8(2)9(11)12-7-6-10(3,4)5/h3,5-8,12H,1,4,9H2,2H3;1,6-7H2,2-5H3/q;+1. The first-order valence-corrected chi connectivity index (χ1v) is 8.24. The number of carbonyl (C=O) groups is 1. The average molecular weight is 333 g/mol. The van der Waals surface area contributed by atoms with Crippen LogP contribution in [0.3, 0.4) is 0 Å². The van der Waals surface area contributed by atoms with Crippen molar-refractivity contribution in [3.8, 4) is 0 Å². The average Bonchev–Trinajstić information content (AvgIpc) is 2.52. The van der Waals surface area contributed by atoms with E-state index in [-0.39, 0.29) is 5.97 Å². The third kappa shape index (κ3) is 11.6. The van der Waals surface area contributed by atoms with Crippen LogP contribution in [0.5, 0.6) is 0 Å². The topological polar surface area (TPSA) is 38.3 Å². The summed E-state index contributed by atoms with van der Waals surface area (Å²) in [6, 6.07) is 8.39. The van der Waals surface area contributed by atoms with E-state index in [0.29, 0.717) is 12.2 Å². The fourth-order valence-corrected chi connectivity index (χ4v) is 1.63. The summed E-state index contributed by atoms with van der Waals surface area (Å²) in [6.07, 6.45) is 1.87. The van der Waals surface area contributed by atoms with Gasteiger partial charge in [-0.3, -0.25) is 0 Å². The van der Waals surface area contributed by atoms with Crippen molar-refractivity contribution in [3.63, 3.8) is 0 Å². The molecule has 1 rings (SSSR count). The number of likely N-dealkylation sites (N-methyl/N-ethyl adjacent to an activating group) is 1. The van der Waals surface area contributed by atoms with E-state index < -0.39 is 0 Å². The number of nitrogens with zero attached hydrogens (tertiary/aromatic N) is 1. The molecule has 0 aliphatic carbocycles. The SMILES string of the molecule is C=C(C)C(=O)OCC[N+](C)(C)C.C=Cc1cccc(CNCC)c1. The van der Waals surface area contributed by atoms with E-state index in [9.17, 15) is 4.79 Å². The summed E-state index contributed by atoms with van der Waals surface area (Å²) in [4.78, 5) is 10.9. The molecule has 0 heterocycles. The number of ether oxygens (including phenoxy) is 1. The fraction of sp³-hybridized carbons (Fsp3) is 0.450. The van der Waals surface area contributed by atoms with E-state index in [2.05, 4.69) is 70.8 Å². The normalized spacial score (nSPS) is 10.4. The molecule has 4 heteroatoms. The van der Waals surface area contributed by atoms with Crippen molar-refractivity contribution in [2.75, 3.05) is 40.8 Å². The van der Waals surface area contributed by atoms with E-state index in [1.807, 2.05) is 6.08 Å². The van der Waals surface area contributed by atoms with E-state index in [1.54, 1.807) is 6.92 Å². The van der Waals surface area contributed by atoms with Crippen molar-refractivity contribution in [2.45, 2.75) is 20.4 Å². The number of quaternary nitrogens is 1. The molecular weight excluding hydrogens is 300 g/mol. The van der Waals surface area contributed by atoms with E-state index in [4.69, 9.17) is 4.74 Å². The minimum absolute atomic E-state index is 0.302. The van der Waals surface area contributed by atoms with Crippen molar-refractivity contribution in [2.24, 2.45) is 0 Å². The molecule has 134 valence electrons. The smallest absolute Gasteiger partial charge is 0.333 e. The third-order valence-corrected chi connectivity index (χ3v) is 3.11. The molecule has 0 radical (unpaired) electrons. The monoisotopic (exact) mass is 333 g/mol. The molecule has 0 aromatic heterocycles. The van der Waals surface area contributed by atoms with Gasteiger partial charge in [-0.15, -0.1) is 0 Å². The summed E-state index contributed by atoms with van der Waals surface area (Å²) in [6.45, 7) is 14.2. The molecule has 0 saturated carbocycles. The predicted molar refractivity (Wildman–Crippen MR) is 103 cm³/mol. The van der Waals surface area contributed by atoms with Gasteiger partial charge in [0, 0.05) is 12.1 Å². The first-order chi connectivity index (χ1) is 11.2. The molecule has 0 fully saturated rings. The van der Waals surface area contributed by atoms with Crippen LogP contribution in [0.4, 0.5) is 0 Å². The fourth-order valence-electron chi connectivity index (χ4n) is 1.63. The summed E-state index contributed by atoms with van der Waals surface area (Å²) < 4.78 is 5.72. The van der Waals surface area contributed by atoms with Crippen LogP contribution in [0.15, 0.2) is 43.0 Å². The summed E-state index contributed by atoms with van der Waals surface area (Å²) in [7, 11) is 6.15. The number of benzene rings is 1. The lowest BCUT2D eigenvalue weighted by Crippen LogP contribution is -2.38. The van der Waals surface area contributed by atoms with Gasteiger partial charge in [-0.05, 0) is 24.6 Å². The highest BCUT2D eigenvalue weighted by atomic mass is 16.5. The Labute approximate surface area is 147 Å². The maximum absolute atomic E-state index is 10.9. The molecule has 1 N–H and O–H groups in total. The summed E-state index contributed by atoms with van der Waals surface area (Å²) >= 11 is 0. The second-order valence-electron chi connectivity index (χ2n) is 6.66. The number of carbonyl (C=O) groups excluding carboxylic acids is 1. The predicted octanol–water partition coefficient (Wildman–Crippen LogP) is 3.25. The van der Waals surface area contributed by atoms with Crippen LogP contribution in [0.2, 0.25) is 0 Å². The highest BCUT2D eigenvalue weighted by Gasteiger charge is 2.09. The largest absolute Gasteiger partial charge is 0.456 e. The Morgan fingerprint density at radius 1 is 1.33 bits per heavy atom. The summed E-state index contributed by atoms with van der Waals surface area (Å²) in [5.74, 6) is -0.302. The molecule has 0 spiro atoms. The zero-order valence-electron chi connectivity index (χ0n) is 15.9. The lowest BCUT2D eigenvalue weighted by atomic mass is 10.1. The number of esters is 1. The van der Waals surface area contributed by atoms with Crippen molar-refractivity contribution in [1.82, 2.24) is 5.32 Å². The maximum atomic E-state index is 10.9. The molecule has 1 aromatic carbocycles. The van der Waals surface area contributed by atoms with Crippen LogP contribution in [-0.2, 0) is 16.1 Å². The lowest BCUT2D eigenvalue weighted by molar-refractivity contribution is -0.870. The Kier molecular flexibility index (Phi) is 10.7. The summed E-state index contributed by atoms with van der Waals surface area (Å²) in [5.41, 5.74) is 2.95. The molecular formula is C20H33N2O2+. The van der Waals surface area contributed by atoms with Gasteiger partial charge in [-0.25, -0.2) is 4.79 Å². The molecule has 0 aliphatic rings. The van der Waals surface area contributed by atoms with Crippen molar-refractivity contribution in [3.05, 3.63) is 54.1 Å². The first kappa shape index (κ1) is 22.1. The Bertz CT molecular complexity index is 531. The molecule has 0 atom stereocenters. The second-order valence-corrected chi connectivity index (χ2v) is 6.66. The van der Waals surface area contributed by atoms with Gasteiger partial charge in [0.25, 0.3) is 0 Å². The number of hydrogen-bond acceptors (Lipinski definition) is 3. The molecule has 0 bridgehead atoms. The van der Waals surface area contributed by atoms with Crippen LogP contribution in [-0.4, -0.2) is 51.3 Å². The number of hydrogen-bond donors (Lipinski definition) is 1. The minimum Gasteiger partial charge on any atom is -0.456 e. The van der Waals surface area contributed by atoms with Crippen LogP contribution < -0.4 is 5.32 Å². The second kappa shape index (κ2) is 11.6. The molecule has 1 aromatic rings. The van der Waals surface area contributed by atoms with E-state index in [1.165, 1.54) is 11.1 Å². The van der Waals surface area contributed by atoms with Gasteiger partial charge in [0.1, 0.15) is 13.2 Å². The van der Waals surface area contributed by atoms with Gasteiger partial charge in [-0.2, -0.15) is 0 Å². The van der Waals surface area contributed by atoms with Gasteiger partial charge in [0.2, 0.25) is 0 Å². The van der Waals surface area contributed by atoms with Crippen molar-refractivity contribution in [1.29, 1.82) is 0 Å². The zero-order chi connectivity index (χ0) is 18.6. The Hall–Kier alpha value is -1.91. The van der Waals surface area contributed by atoms with Crippen molar-refractivity contribution < 1.29 is 14.0 Å². The number of nitrogens with one attached hydrogen (secondary N) is 1. The highest BCUT2D eigenvalue weighted by Crippen LogP contribution is 2.05. The molecule has 24 heavy (non-hydrogen) atoms. The molecule has 0 saturated heterocycles. The third-order valence-electron chi connectivity index (χ3n) is 3.11. The molecule has 4 nitrogen and oxygen atoms in total.